The van der Waals surface area contributed by atoms with Gasteiger partial charge in [-0.25, -0.2) is 15.0 Å². The van der Waals surface area contributed by atoms with Crippen molar-refractivity contribution in [1.29, 1.82) is 0 Å². The molecule has 2 atom stereocenters. The fraction of sp³-hybridized carbons (Fsp3) is 0.333. The molecule has 4 aromatic rings. The molecule has 0 aliphatic heterocycles. The molecule has 0 bridgehead atoms. The van der Waals surface area contributed by atoms with Crippen LogP contribution in [0, 0.1) is 0 Å². The number of hydrogen-bond acceptors (Lipinski definition) is 8. The maximum Gasteiger partial charge on any atom is 0.161 e. The fourth-order valence-electron chi connectivity index (χ4n) is 3.97. The smallest absolute Gasteiger partial charge is 0.161 e. The molecule has 0 saturated heterocycles. The first-order valence-corrected chi connectivity index (χ1v) is 11.6. The zero-order valence-electron chi connectivity index (χ0n) is 15.9. The normalized spacial score (nSPS) is 15.9. The predicted molar refractivity (Wildman–Crippen MR) is 118 cm³/mol. The molecule has 0 fully saturated rings. The molecule has 29 heavy (non-hydrogen) atoms. The summed E-state index contributed by atoms with van der Waals surface area (Å²) in [5.74, 6) is 0.685. The number of nitrogens with two attached hydrogens (primary N) is 2. The standard InChI is InChI=1S/C21H22N6S2/c22-15(9-13-10-28-11-25-13)18(23)19-17-14-3-1-2-4-16(14)29-21(17)27-20(26-19)12-5-7-24-8-6-12/h5-8,10-11,15,18H,1-4,9,22-23H2. The summed E-state index contributed by atoms with van der Waals surface area (Å²) in [6.07, 6.45) is 8.76. The van der Waals surface area contributed by atoms with Gasteiger partial charge in [-0.05, 0) is 43.4 Å². The molecule has 0 spiro atoms. The quantitative estimate of drug-likeness (QED) is 0.509. The van der Waals surface area contributed by atoms with E-state index < -0.39 is 0 Å². The lowest BCUT2D eigenvalue weighted by atomic mass is 9.92. The molecular formula is C21H22N6S2. The number of aryl methyl sites for hydroxylation is 2. The van der Waals surface area contributed by atoms with Gasteiger partial charge in [-0.1, -0.05) is 0 Å². The zero-order valence-corrected chi connectivity index (χ0v) is 17.5. The Morgan fingerprint density at radius 3 is 2.69 bits per heavy atom. The van der Waals surface area contributed by atoms with Crippen molar-refractivity contribution in [1.82, 2.24) is 19.9 Å². The van der Waals surface area contributed by atoms with Crippen LogP contribution in [0.3, 0.4) is 0 Å². The fourth-order valence-corrected chi connectivity index (χ4v) is 5.81. The molecule has 2 unspecified atom stereocenters. The minimum absolute atomic E-state index is 0.264. The van der Waals surface area contributed by atoms with Gasteiger partial charge in [0.25, 0.3) is 0 Å². The number of rotatable bonds is 5. The Morgan fingerprint density at radius 1 is 1.07 bits per heavy atom. The first-order valence-electron chi connectivity index (χ1n) is 9.81. The van der Waals surface area contributed by atoms with Crippen molar-refractivity contribution in [3.8, 4) is 11.4 Å². The van der Waals surface area contributed by atoms with Crippen molar-refractivity contribution in [3.63, 3.8) is 0 Å². The van der Waals surface area contributed by atoms with E-state index >= 15 is 0 Å². The van der Waals surface area contributed by atoms with Crippen LogP contribution in [0.25, 0.3) is 21.6 Å². The van der Waals surface area contributed by atoms with Crippen LogP contribution in [0.4, 0.5) is 0 Å². The predicted octanol–water partition coefficient (Wildman–Crippen LogP) is 3.66. The summed E-state index contributed by atoms with van der Waals surface area (Å²) >= 11 is 3.36. The summed E-state index contributed by atoms with van der Waals surface area (Å²) in [5.41, 5.74) is 19.2. The molecule has 1 aliphatic carbocycles. The van der Waals surface area contributed by atoms with Gasteiger partial charge in [-0.3, -0.25) is 4.98 Å². The van der Waals surface area contributed by atoms with Crippen molar-refractivity contribution in [3.05, 3.63) is 57.2 Å². The highest BCUT2D eigenvalue weighted by Crippen LogP contribution is 2.39. The van der Waals surface area contributed by atoms with E-state index in [4.69, 9.17) is 21.4 Å². The lowest BCUT2D eigenvalue weighted by Crippen LogP contribution is -2.37. The largest absolute Gasteiger partial charge is 0.326 e. The number of hydrogen-bond donors (Lipinski definition) is 2. The molecule has 0 saturated carbocycles. The Hall–Kier alpha value is -2.26. The molecular weight excluding hydrogens is 400 g/mol. The molecule has 148 valence electrons. The van der Waals surface area contributed by atoms with E-state index in [0.29, 0.717) is 12.2 Å². The molecule has 6 nitrogen and oxygen atoms in total. The molecule has 4 N–H and O–H groups in total. The highest BCUT2D eigenvalue weighted by Gasteiger charge is 2.27. The first-order chi connectivity index (χ1) is 14.2. The van der Waals surface area contributed by atoms with E-state index in [1.54, 1.807) is 35.1 Å². The average Bonchev–Trinajstić information content (AvgIpc) is 3.40. The number of fused-ring (bicyclic) bond motifs is 3. The van der Waals surface area contributed by atoms with Crippen LogP contribution in [-0.4, -0.2) is 26.0 Å². The lowest BCUT2D eigenvalue weighted by molar-refractivity contribution is 0.532. The lowest BCUT2D eigenvalue weighted by Gasteiger charge is -2.21. The number of aromatic nitrogens is 4. The van der Waals surface area contributed by atoms with Gasteiger partial charge in [-0.2, -0.15) is 0 Å². The van der Waals surface area contributed by atoms with Gasteiger partial charge in [0, 0.05) is 46.1 Å². The highest BCUT2D eigenvalue weighted by atomic mass is 32.1. The van der Waals surface area contributed by atoms with E-state index in [0.717, 1.165) is 40.0 Å². The van der Waals surface area contributed by atoms with E-state index in [-0.39, 0.29) is 12.1 Å². The van der Waals surface area contributed by atoms with Crippen LogP contribution in [0.1, 0.15) is 40.7 Å². The number of thiazole rings is 1. The topological polar surface area (TPSA) is 104 Å². The Kier molecular flexibility index (Phi) is 5.09. The van der Waals surface area contributed by atoms with Crippen molar-refractivity contribution >= 4 is 32.9 Å². The summed E-state index contributed by atoms with van der Waals surface area (Å²) in [4.78, 5) is 20.8. The number of pyridine rings is 1. The molecule has 4 heterocycles. The number of nitrogens with zero attached hydrogens (tertiary/aromatic N) is 4. The second-order valence-corrected chi connectivity index (χ2v) is 9.24. The van der Waals surface area contributed by atoms with Crippen molar-refractivity contribution in [2.24, 2.45) is 11.5 Å². The number of thiophene rings is 1. The SMILES string of the molecule is NC(Cc1cscn1)C(N)c1nc(-c2ccncc2)nc2sc3c(c12)CCCC3. The zero-order chi connectivity index (χ0) is 19.8. The van der Waals surface area contributed by atoms with Gasteiger partial charge >= 0.3 is 0 Å². The van der Waals surface area contributed by atoms with E-state index in [9.17, 15) is 0 Å². The summed E-state index contributed by atoms with van der Waals surface area (Å²) in [5, 5.41) is 3.15. The average molecular weight is 423 g/mol. The second-order valence-electron chi connectivity index (χ2n) is 7.43. The maximum absolute atomic E-state index is 6.71. The Morgan fingerprint density at radius 2 is 1.90 bits per heavy atom. The summed E-state index contributed by atoms with van der Waals surface area (Å²) in [7, 11) is 0. The monoisotopic (exact) mass is 422 g/mol. The third-order valence-corrected chi connectivity index (χ3v) is 7.31. The van der Waals surface area contributed by atoms with Crippen LogP contribution < -0.4 is 11.5 Å². The highest BCUT2D eigenvalue weighted by molar-refractivity contribution is 7.18. The Bertz CT molecular complexity index is 1120. The Balaban J connectivity index is 1.63. The van der Waals surface area contributed by atoms with E-state index in [2.05, 4.69) is 9.97 Å². The summed E-state index contributed by atoms with van der Waals surface area (Å²) in [6.45, 7) is 0. The Labute approximate surface area is 177 Å². The van der Waals surface area contributed by atoms with Gasteiger partial charge < -0.3 is 11.5 Å². The van der Waals surface area contributed by atoms with E-state index in [1.165, 1.54) is 23.3 Å². The molecule has 1 aliphatic rings. The van der Waals surface area contributed by atoms with Crippen molar-refractivity contribution in [2.75, 3.05) is 0 Å². The van der Waals surface area contributed by atoms with Crippen LogP contribution in [-0.2, 0) is 19.3 Å². The van der Waals surface area contributed by atoms with Crippen LogP contribution in [0.5, 0.6) is 0 Å². The van der Waals surface area contributed by atoms with Gasteiger partial charge in [0.05, 0.1) is 22.9 Å². The van der Waals surface area contributed by atoms with E-state index in [1.807, 2.05) is 23.0 Å². The molecule has 0 amide bonds. The molecule has 4 aromatic heterocycles. The van der Waals surface area contributed by atoms with Crippen LogP contribution in [0.2, 0.25) is 0 Å². The molecule has 5 rings (SSSR count). The van der Waals surface area contributed by atoms with Gasteiger partial charge in [0.15, 0.2) is 5.82 Å². The third kappa shape index (κ3) is 3.57. The second kappa shape index (κ2) is 7.87. The third-order valence-electron chi connectivity index (χ3n) is 5.49. The maximum atomic E-state index is 6.71. The van der Waals surface area contributed by atoms with Crippen molar-refractivity contribution in [2.45, 2.75) is 44.2 Å². The summed E-state index contributed by atoms with van der Waals surface area (Å²) in [6, 6.07) is 3.21. The van der Waals surface area contributed by atoms with Crippen molar-refractivity contribution < 1.29 is 0 Å². The molecule has 8 heteroatoms. The van der Waals surface area contributed by atoms with Gasteiger partial charge in [0.1, 0.15) is 4.83 Å². The van der Waals surface area contributed by atoms with Gasteiger partial charge in [0.2, 0.25) is 0 Å². The van der Waals surface area contributed by atoms with Crippen LogP contribution >= 0.6 is 22.7 Å². The summed E-state index contributed by atoms with van der Waals surface area (Å²) < 4.78 is 0. The molecule has 0 aromatic carbocycles. The minimum Gasteiger partial charge on any atom is -0.326 e. The first kappa shape index (κ1) is 18.7. The van der Waals surface area contributed by atoms with Crippen LogP contribution in [0.15, 0.2) is 35.4 Å². The minimum atomic E-state index is -0.386. The van der Waals surface area contributed by atoms with Gasteiger partial charge in [-0.15, -0.1) is 22.7 Å². The molecule has 0 radical (unpaired) electrons.